The molecule has 3 radical (unpaired) electrons. The predicted molar refractivity (Wildman–Crippen MR) is 38.1 cm³/mol. The Morgan fingerprint density at radius 1 is 1.22 bits per heavy atom. The van der Waals surface area contributed by atoms with Crippen LogP contribution in [0.3, 0.4) is 0 Å². The molecule has 0 unspecified atom stereocenters. The maximum absolute atomic E-state index is 8.67. The molecule has 9 heavy (non-hydrogen) atoms. The summed E-state index contributed by atoms with van der Waals surface area (Å²) in [7, 11) is -1.58. The molecule has 0 aliphatic carbocycles. The zero-order valence-electron chi connectivity index (χ0n) is 5.70. The fourth-order valence-electron chi connectivity index (χ4n) is 0.258. The lowest BCUT2D eigenvalue weighted by atomic mass is 10.8. The molecule has 0 aromatic heterocycles. The van der Waals surface area contributed by atoms with Gasteiger partial charge < -0.3 is 13.9 Å². The second-order valence-corrected chi connectivity index (χ2v) is 2.07. The van der Waals surface area contributed by atoms with Crippen molar-refractivity contribution in [1.29, 1.82) is 0 Å². The lowest BCUT2D eigenvalue weighted by Crippen LogP contribution is -1.87. The minimum atomic E-state index is -1.58. The fraction of sp³-hybridized carbons (Fsp3) is 1.00. The molecular weight excluding hydrogens is 138 g/mol. The van der Waals surface area contributed by atoms with Gasteiger partial charge in [0.25, 0.3) is 0 Å². The summed E-state index contributed by atoms with van der Waals surface area (Å²) in [4.78, 5) is 8.67. The number of rotatable bonds is 4. The van der Waals surface area contributed by atoms with Crippen LogP contribution in [0.15, 0.2) is 0 Å². The van der Waals surface area contributed by atoms with Gasteiger partial charge in [0.1, 0.15) is 0 Å². The van der Waals surface area contributed by atoms with Crippen LogP contribution in [0.25, 0.3) is 0 Å². The highest BCUT2D eigenvalue weighted by atomic mass is 31.2. The Bertz CT molecular complexity index is 49.1. The van der Waals surface area contributed by atoms with Gasteiger partial charge in [-0.05, 0) is 13.8 Å². The van der Waals surface area contributed by atoms with Crippen molar-refractivity contribution in [3.05, 3.63) is 0 Å². The van der Waals surface area contributed by atoms with E-state index in [4.69, 9.17) is 4.89 Å². The second kappa shape index (κ2) is 8.37. The predicted octanol–water partition coefficient (Wildman–Crippen LogP) is 0.898. The molecule has 0 saturated carbocycles. The normalized spacial score (nSPS) is 9.33. The molecule has 0 fully saturated rings. The van der Waals surface area contributed by atoms with Gasteiger partial charge in [-0.1, -0.05) is 0 Å². The van der Waals surface area contributed by atoms with Crippen LogP contribution in [0, 0.1) is 0 Å². The Balaban J connectivity index is 0. The number of hydrogen-bond acceptors (Lipinski definition) is 3. The maximum atomic E-state index is 8.67. The van der Waals surface area contributed by atoms with Crippen molar-refractivity contribution < 1.29 is 13.9 Å². The Labute approximate surface area is 58.9 Å². The van der Waals surface area contributed by atoms with Crippen LogP contribution in [-0.2, 0) is 9.05 Å². The van der Waals surface area contributed by atoms with Gasteiger partial charge in [0.05, 0.1) is 13.2 Å². The standard InChI is InChI=1S/C4H11O3P.B/c1-3-6-8(5)7-4-2;/h5H,3-4H2,1-2H3;. The van der Waals surface area contributed by atoms with Crippen LogP contribution >= 0.6 is 8.60 Å². The molecular formula is C4H11BO3P. The van der Waals surface area contributed by atoms with Crippen molar-refractivity contribution in [2.24, 2.45) is 0 Å². The lowest BCUT2D eigenvalue weighted by Gasteiger charge is -2.05. The molecule has 0 aliphatic heterocycles. The molecule has 5 heteroatoms. The summed E-state index contributed by atoms with van der Waals surface area (Å²) in [5.74, 6) is 0. The van der Waals surface area contributed by atoms with Crippen LogP contribution in [-0.4, -0.2) is 26.5 Å². The topological polar surface area (TPSA) is 38.7 Å². The van der Waals surface area contributed by atoms with Crippen LogP contribution in [0.1, 0.15) is 13.8 Å². The van der Waals surface area contributed by atoms with E-state index in [1.165, 1.54) is 0 Å². The largest absolute Gasteiger partial charge is 0.329 e. The minimum absolute atomic E-state index is 0. The van der Waals surface area contributed by atoms with Crippen molar-refractivity contribution in [2.75, 3.05) is 13.2 Å². The van der Waals surface area contributed by atoms with Gasteiger partial charge in [-0.2, -0.15) is 0 Å². The summed E-state index contributed by atoms with van der Waals surface area (Å²) >= 11 is 0. The van der Waals surface area contributed by atoms with E-state index >= 15 is 0 Å². The van der Waals surface area contributed by atoms with Gasteiger partial charge in [0.2, 0.25) is 0 Å². The van der Waals surface area contributed by atoms with E-state index in [-0.39, 0.29) is 8.41 Å². The Kier molecular flexibility index (Phi) is 11.3. The van der Waals surface area contributed by atoms with Gasteiger partial charge in [-0.25, -0.2) is 0 Å². The molecule has 0 aromatic rings. The first-order valence-electron chi connectivity index (χ1n) is 2.56. The molecule has 0 aromatic carbocycles. The average molecular weight is 149 g/mol. The second-order valence-electron chi connectivity index (χ2n) is 1.07. The summed E-state index contributed by atoms with van der Waals surface area (Å²) in [6.45, 7) is 4.62. The highest BCUT2D eigenvalue weighted by Gasteiger charge is 2.00. The zero-order valence-corrected chi connectivity index (χ0v) is 6.60. The van der Waals surface area contributed by atoms with Gasteiger partial charge >= 0.3 is 8.60 Å². The third-order valence-electron chi connectivity index (χ3n) is 0.479. The fourth-order valence-corrected chi connectivity index (χ4v) is 0.774. The van der Waals surface area contributed by atoms with E-state index in [2.05, 4.69) is 9.05 Å². The molecule has 0 spiro atoms. The Morgan fingerprint density at radius 2 is 1.56 bits per heavy atom. The molecule has 0 aliphatic rings. The van der Waals surface area contributed by atoms with Crippen LogP contribution in [0.2, 0.25) is 0 Å². The van der Waals surface area contributed by atoms with E-state index in [0.717, 1.165) is 0 Å². The third-order valence-corrected chi connectivity index (χ3v) is 1.44. The van der Waals surface area contributed by atoms with E-state index in [1.54, 1.807) is 0 Å². The molecule has 0 atom stereocenters. The van der Waals surface area contributed by atoms with E-state index in [1.807, 2.05) is 13.8 Å². The van der Waals surface area contributed by atoms with Crippen molar-refractivity contribution in [1.82, 2.24) is 0 Å². The molecule has 0 heterocycles. The highest BCUT2D eigenvalue weighted by Crippen LogP contribution is 2.31. The lowest BCUT2D eigenvalue weighted by molar-refractivity contribution is 0.216. The van der Waals surface area contributed by atoms with E-state index in [0.29, 0.717) is 13.2 Å². The van der Waals surface area contributed by atoms with Crippen molar-refractivity contribution in [3.63, 3.8) is 0 Å². The SMILES string of the molecule is CCOP(O)OCC.[B]. The summed E-state index contributed by atoms with van der Waals surface area (Å²) in [5.41, 5.74) is 0. The van der Waals surface area contributed by atoms with Crippen molar-refractivity contribution in [2.45, 2.75) is 13.8 Å². The summed E-state index contributed by atoms with van der Waals surface area (Å²) in [5, 5.41) is 0. The smallest absolute Gasteiger partial charge is 0.328 e. The van der Waals surface area contributed by atoms with Gasteiger partial charge in [-0.15, -0.1) is 0 Å². The molecule has 1 N–H and O–H groups in total. The molecule has 3 nitrogen and oxygen atoms in total. The summed E-state index contributed by atoms with van der Waals surface area (Å²) < 4.78 is 9.36. The van der Waals surface area contributed by atoms with Gasteiger partial charge in [0.15, 0.2) is 0 Å². The van der Waals surface area contributed by atoms with E-state index < -0.39 is 8.60 Å². The molecule has 0 amide bonds. The molecule has 0 rings (SSSR count). The quantitative estimate of drug-likeness (QED) is 0.476. The highest BCUT2D eigenvalue weighted by molar-refractivity contribution is 7.40. The third kappa shape index (κ3) is 8.37. The first kappa shape index (κ1) is 12.1. The molecule has 53 valence electrons. The zero-order chi connectivity index (χ0) is 6.41. The van der Waals surface area contributed by atoms with Crippen molar-refractivity contribution >= 4 is 17.0 Å². The van der Waals surface area contributed by atoms with Crippen molar-refractivity contribution in [3.8, 4) is 0 Å². The van der Waals surface area contributed by atoms with E-state index in [9.17, 15) is 0 Å². The van der Waals surface area contributed by atoms with Crippen LogP contribution < -0.4 is 0 Å². The molecule has 0 saturated heterocycles. The monoisotopic (exact) mass is 149 g/mol. The minimum Gasteiger partial charge on any atom is -0.328 e. The first-order valence-corrected chi connectivity index (χ1v) is 3.69. The van der Waals surface area contributed by atoms with Gasteiger partial charge in [-0.3, -0.25) is 0 Å². The van der Waals surface area contributed by atoms with Crippen LogP contribution in [0.4, 0.5) is 0 Å². The maximum Gasteiger partial charge on any atom is 0.329 e. The average Bonchev–Trinajstić information content (AvgIpc) is 1.68. The van der Waals surface area contributed by atoms with Gasteiger partial charge in [0, 0.05) is 8.41 Å². The first-order chi connectivity index (χ1) is 3.81. The Morgan fingerprint density at radius 3 is 1.78 bits per heavy atom. The molecule has 0 bridgehead atoms. The Hall–Kier alpha value is 0.375. The summed E-state index contributed by atoms with van der Waals surface area (Å²) in [6.07, 6.45) is 0. The van der Waals surface area contributed by atoms with Crippen LogP contribution in [0.5, 0.6) is 0 Å². The summed E-state index contributed by atoms with van der Waals surface area (Å²) in [6, 6.07) is 0. The number of hydrogen-bond donors (Lipinski definition) is 1.